The fourth-order valence-electron chi connectivity index (χ4n) is 4.66. The second kappa shape index (κ2) is 9.66. The summed E-state index contributed by atoms with van der Waals surface area (Å²) in [7, 11) is -0.994. The van der Waals surface area contributed by atoms with Crippen molar-refractivity contribution >= 4 is 21.1 Å². The van der Waals surface area contributed by atoms with Gasteiger partial charge in [0.25, 0.3) is 0 Å². The maximum Gasteiger partial charge on any atom is 0.244 e. The summed E-state index contributed by atoms with van der Waals surface area (Å²) in [5.41, 5.74) is 5.79. The van der Waals surface area contributed by atoms with Gasteiger partial charge in [0, 0.05) is 46.2 Å². The second-order valence-corrected chi connectivity index (χ2v) is 10.7. The van der Waals surface area contributed by atoms with Gasteiger partial charge in [-0.1, -0.05) is 6.07 Å². The number of aromatic nitrogens is 4. The van der Waals surface area contributed by atoms with Gasteiger partial charge in [0.1, 0.15) is 27.9 Å². The summed E-state index contributed by atoms with van der Waals surface area (Å²) in [4.78, 5) is 7.76. The highest BCUT2D eigenvalue weighted by atomic mass is 32.2. The molecule has 0 spiro atoms. The van der Waals surface area contributed by atoms with E-state index in [4.69, 9.17) is 4.74 Å². The summed E-state index contributed by atoms with van der Waals surface area (Å²) in [5.74, 6) is -1.04. The van der Waals surface area contributed by atoms with Crippen LogP contribution in [-0.4, -0.2) is 42.3 Å². The number of pyridine rings is 1. The van der Waals surface area contributed by atoms with Gasteiger partial charge < -0.3 is 9.72 Å². The molecule has 196 valence electrons. The molecule has 0 aliphatic carbocycles. The van der Waals surface area contributed by atoms with E-state index in [9.17, 15) is 17.2 Å². The highest BCUT2D eigenvalue weighted by Gasteiger charge is 2.21. The standard InChI is InChI=1S/C27H25F2N5O3S/c1-15-26(16(2)34(33-15)14-17-7-20(28)11-21(29)8-17)23-13-32-27-22(23)9-19(12-31-27)18-5-6-24(37-4)25(10-18)38(35,36)30-3/h5-13,30H,14H2,1-4H3,(H,31,32). The first-order valence-corrected chi connectivity index (χ1v) is 13.2. The number of hydrogen-bond donors (Lipinski definition) is 2. The first-order valence-electron chi connectivity index (χ1n) is 11.7. The Hall–Kier alpha value is -4.09. The summed E-state index contributed by atoms with van der Waals surface area (Å²) in [6, 6.07) is 10.3. The molecule has 2 N–H and O–H groups in total. The number of rotatable bonds is 7. The molecule has 0 atom stereocenters. The molecule has 0 saturated heterocycles. The van der Waals surface area contributed by atoms with Crippen LogP contribution in [0.5, 0.6) is 5.75 Å². The molecule has 0 saturated carbocycles. The average molecular weight is 538 g/mol. The number of ether oxygens (including phenoxy) is 1. The van der Waals surface area contributed by atoms with Crippen molar-refractivity contribution in [3.63, 3.8) is 0 Å². The lowest BCUT2D eigenvalue weighted by molar-refractivity contribution is 0.402. The van der Waals surface area contributed by atoms with Gasteiger partial charge in [-0.25, -0.2) is 26.9 Å². The van der Waals surface area contributed by atoms with E-state index in [-0.39, 0.29) is 17.2 Å². The van der Waals surface area contributed by atoms with Gasteiger partial charge in [-0.2, -0.15) is 5.10 Å². The smallest absolute Gasteiger partial charge is 0.244 e. The van der Waals surface area contributed by atoms with Crippen molar-refractivity contribution in [2.24, 2.45) is 0 Å². The van der Waals surface area contributed by atoms with Crippen molar-refractivity contribution in [3.8, 4) is 28.0 Å². The molecule has 5 aromatic rings. The van der Waals surface area contributed by atoms with E-state index in [1.165, 1.54) is 26.3 Å². The van der Waals surface area contributed by atoms with Crippen LogP contribution in [0.2, 0.25) is 0 Å². The predicted octanol–water partition coefficient (Wildman–Crippen LogP) is 4.95. The summed E-state index contributed by atoms with van der Waals surface area (Å²) < 4.78 is 61.8. The minimum Gasteiger partial charge on any atom is -0.495 e. The van der Waals surface area contributed by atoms with E-state index in [1.54, 1.807) is 29.1 Å². The van der Waals surface area contributed by atoms with Gasteiger partial charge in [-0.15, -0.1) is 0 Å². The zero-order chi connectivity index (χ0) is 27.2. The number of aryl methyl sites for hydroxylation is 1. The van der Waals surface area contributed by atoms with Gasteiger partial charge in [0.15, 0.2) is 0 Å². The SMILES string of the molecule is CNS(=O)(=O)c1cc(-c2cnc3[nH]cc(-c4c(C)nn(Cc5cc(F)cc(F)c5)c4C)c3c2)ccc1OC. The molecule has 2 aromatic carbocycles. The minimum atomic E-state index is -3.75. The number of methoxy groups -OCH3 is 1. The molecule has 8 nitrogen and oxygen atoms in total. The van der Waals surface area contributed by atoms with Crippen molar-refractivity contribution in [2.75, 3.05) is 14.2 Å². The molecular weight excluding hydrogens is 512 g/mol. The molecule has 0 aliphatic rings. The third-order valence-corrected chi connectivity index (χ3v) is 7.93. The number of H-pyrrole nitrogens is 1. The molecule has 3 aromatic heterocycles. The van der Waals surface area contributed by atoms with Crippen molar-refractivity contribution in [3.05, 3.63) is 83.4 Å². The first-order chi connectivity index (χ1) is 18.1. The van der Waals surface area contributed by atoms with Crippen LogP contribution in [0.15, 0.2) is 59.8 Å². The zero-order valence-corrected chi connectivity index (χ0v) is 22.0. The number of aromatic amines is 1. The zero-order valence-electron chi connectivity index (χ0n) is 21.1. The molecule has 0 bridgehead atoms. The van der Waals surface area contributed by atoms with Gasteiger partial charge in [-0.3, -0.25) is 4.68 Å². The molecule has 0 radical (unpaired) electrons. The highest BCUT2D eigenvalue weighted by molar-refractivity contribution is 7.89. The number of fused-ring (bicyclic) bond motifs is 1. The van der Waals surface area contributed by atoms with Crippen LogP contribution in [0.3, 0.4) is 0 Å². The summed E-state index contributed by atoms with van der Waals surface area (Å²) >= 11 is 0. The number of nitrogens with zero attached hydrogens (tertiary/aromatic N) is 3. The van der Waals surface area contributed by atoms with Gasteiger partial charge in [-0.05, 0) is 62.4 Å². The topological polar surface area (TPSA) is 102 Å². The number of nitrogens with one attached hydrogen (secondary N) is 2. The average Bonchev–Trinajstić information content (AvgIpc) is 3.41. The molecule has 0 aliphatic heterocycles. The summed E-state index contributed by atoms with van der Waals surface area (Å²) in [5, 5.41) is 5.44. The monoisotopic (exact) mass is 537 g/mol. The van der Waals surface area contributed by atoms with Gasteiger partial charge in [0.05, 0.1) is 19.3 Å². The van der Waals surface area contributed by atoms with Crippen molar-refractivity contribution in [2.45, 2.75) is 25.3 Å². The van der Waals surface area contributed by atoms with Gasteiger partial charge in [0.2, 0.25) is 10.0 Å². The van der Waals surface area contributed by atoms with Crippen molar-refractivity contribution in [1.82, 2.24) is 24.5 Å². The van der Waals surface area contributed by atoms with Crippen LogP contribution >= 0.6 is 0 Å². The lowest BCUT2D eigenvalue weighted by Gasteiger charge is -2.11. The molecule has 0 amide bonds. The van der Waals surface area contributed by atoms with E-state index in [2.05, 4.69) is 19.8 Å². The van der Waals surface area contributed by atoms with E-state index in [0.29, 0.717) is 22.3 Å². The second-order valence-electron chi connectivity index (χ2n) is 8.88. The van der Waals surface area contributed by atoms with E-state index in [1.807, 2.05) is 26.1 Å². The highest BCUT2D eigenvalue weighted by Crippen LogP contribution is 2.36. The number of benzene rings is 2. The largest absolute Gasteiger partial charge is 0.495 e. The van der Waals surface area contributed by atoms with Crippen LogP contribution in [0, 0.1) is 25.5 Å². The molecule has 5 rings (SSSR count). The Balaban J connectivity index is 1.59. The maximum absolute atomic E-state index is 13.7. The fourth-order valence-corrected chi connectivity index (χ4v) is 5.58. The van der Waals surface area contributed by atoms with Crippen LogP contribution in [0.1, 0.15) is 17.0 Å². The third-order valence-electron chi connectivity index (χ3n) is 6.49. The molecule has 3 heterocycles. The predicted molar refractivity (Wildman–Crippen MR) is 140 cm³/mol. The maximum atomic E-state index is 13.7. The minimum absolute atomic E-state index is 0.0242. The van der Waals surface area contributed by atoms with Crippen LogP contribution in [0.4, 0.5) is 8.78 Å². The van der Waals surface area contributed by atoms with E-state index < -0.39 is 21.7 Å². The summed E-state index contributed by atoms with van der Waals surface area (Å²) in [6.07, 6.45) is 3.51. The third kappa shape index (κ3) is 4.54. The molecule has 11 heteroatoms. The van der Waals surface area contributed by atoms with Crippen LogP contribution in [-0.2, 0) is 16.6 Å². The molecule has 0 fully saturated rings. The Morgan fingerprint density at radius 2 is 1.79 bits per heavy atom. The Labute approximate surface area is 218 Å². The normalized spacial score (nSPS) is 11.8. The van der Waals surface area contributed by atoms with Gasteiger partial charge >= 0.3 is 0 Å². The molecule has 38 heavy (non-hydrogen) atoms. The van der Waals surface area contributed by atoms with Crippen molar-refractivity contribution in [1.29, 1.82) is 0 Å². The van der Waals surface area contributed by atoms with Crippen LogP contribution in [0.25, 0.3) is 33.3 Å². The Morgan fingerprint density at radius 3 is 2.47 bits per heavy atom. The number of hydrogen-bond acceptors (Lipinski definition) is 5. The fraction of sp³-hybridized carbons (Fsp3) is 0.185. The van der Waals surface area contributed by atoms with E-state index >= 15 is 0 Å². The Morgan fingerprint density at radius 1 is 1.05 bits per heavy atom. The van der Waals surface area contributed by atoms with Crippen LogP contribution < -0.4 is 9.46 Å². The molecular formula is C27H25F2N5O3S. The number of sulfonamides is 1. The Kier molecular flexibility index (Phi) is 6.49. The van der Waals surface area contributed by atoms with Crippen molar-refractivity contribution < 1.29 is 21.9 Å². The first kappa shape index (κ1) is 25.6. The number of halogens is 2. The lowest BCUT2D eigenvalue weighted by Crippen LogP contribution is -2.19. The quantitative estimate of drug-likeness (QED) is 0.306. The Bertz CT molecular complexity index is 1770. The summed E-state index contributed by atoms with van der Waals surface area (Å²) in [6.45, 7) is 3.99. The molecule has 0 unspecified atom stereocenters. The lowest BCUT2D eigenvalue weighted by atomic mass is 10.0. The van der Waals surface area contributed by atoms with E-state index in [0.717, 1.165) is 34.0 Å².